The van der Waals surface area contributed by atoms with E-state index in [1.165, 1.54) is 24.3 Å². The summed E-state index contributed by atoms with van der Waals surface area (Å²) in [7, 11) is 1.61. The topological polar surface area (TPSA) is 105 Å². The van der Waals surface area contributed by atoms with E-state index in [1.807, 2.05) is 25.1 Å². The Bertz CT molecular complexity index is 718. The van der Waals surface area contributed by atoms with Gasteiger partial charge in [0.05, 0.1) is 30.8 Å². The van der Waals surface area contributed by atoms with Gasteiger partial charge in [-0.1, -0.05) is 12.1 Å². The largest absolute Gasteiger partial charge is 0.496 e. The zero-order valence-corrected chi connectivity index (χ0v) is 14.2. The summed E-state index contributed by atoms with van der Waals surface area (Å²) in [6.07, 6.45) is -0.981. The molecular weight excluding hydrogens is 324 g/mol. The van der Waals surface area contributed by atoms with Gasteiger partial charge in [0.1, 0.15) is 5.75 Å². The first-order valence-electron chi connectivity index (χ1n) is 7.86. The number of rotatable bonds is 8. The van der Waals surface area contributed by atoms with Crippen LogP contribution in [0.4, 0.5) is 5.69 Å². The van der Waals surface area contributed by atoms with Gasteiger partial charge in [0.15, 0.2) is 0 Å². The summed E-state index contributed by atoms with van der Waals surface area (Å²) in [5.74, 6) is 0.799. The van der Waals surface area contributed by atoms with Crippen molar-refractivity contribution in [2.24, 2.45) is 0 Å². The normalized spacial score (nSPS) is 13.3. The molecule has 0 fully saturated rings. The highest BCUT2D eigenvalue weighted by Gasteiger charge is 2.20. The maximum Gasteiger partial charge on any atom is 0.269 e. The highest BCUT2D eigenvalue weighted by Crippen LogP contribution is 2.22. The van der Waals surface area contributed by atoms with Gasteiger partial charge in [0.25, 0.3) is 5.69 Å². The second-order valence-electron chi connectivity index (χ2n) is 5.77. The van der Waals surface area contributed by atoms with Crippen molar-refractivity contribution in [2.75, 3.05) is 13.7 Å². The molecule has 0 amide bonds. The molecule has 7 nitrogen and oxygen atoms in total. The molecule has 0 spiro atoms. The first-order chi connectivity index (χ1) is 12.0. The second kappa shape index (κ2) is 8.57. The first-order valence-corrected chi connectivity index (χ1v) is 7.86. The van der Waals surface area contributed by atoms with Gasteiger partial charge in [0.2, 0.25) is 0 Å². The number of nitrogens with one attached hydrogen (secondary N) is 1. The minimum Gasteiger partial charge on any atom is -0.496 e. The van der Waals surface area contributed by atoms with E-state index < -0.39 is 17.1 Å². The van der Waals surface area contributed by atoms with Crippen LogP contribution in [0.15, 0.2) is 42.5 Å². The number of aliphatic hydroxyl groups is 2. The van der Waals surface area contributed by atoms with Crippen molar-refractivity contribution in [1.29, 1.82) is 0 Å². The quantitative estimate of drug-likeness (QED) is 0.499. The molecule has 0 radical (unpaired) electrons. The Hall–Kier alpha value is -2.48. The van der Waals surface area contributed by atoms with Gasteiger partial charge in [-0.25, -0.2) is 0 Å². The smallest absolute Gasteiger partial charge is 0.269 e. The average molecular weight is 346 g/mol. The molecule has 2 aromatic rings. The molecule has 7 heteroatoms. The highest BCUT2D eigenvalue weighted by atomic mass is 16.6. The SMILES string of the molecule is COc1ccc(CNC(CO)C(O)c2ccc([N+](=O)[O-])cc2)cc1C. The Morgan fingerprint density at radius 2 is 1.92 bits per heavy atom. The lowest BCUT2D eigenvalue weighted by atomic mass is 10.0. The van der Waals surface area contributed by atoms with Crippen LogP contribution in [-0.2, 0) is 6.54 Å². The first kappa shape index (κ1) is 18.9. The molecule has 0 aromatic heterocycles. The van der Waals surface area contributed by atoms with Crippen LogP contribution in [0.3, 0.4) is 0 Å². The highest BCUT2D eigenvalue weighted by molar-refractivity contribution is 5.36. The molecule has 25 heavy (non-hydrogen) atoms. The third-order valence-electron chi connectivity index (χ3n) is 4.05. The number of hydrogen-bond donors (Lipinski definition) is 3. The van der Waals surface area contributed by atoms with Gasteiger partial charge in [-0.2, -0.15) is 0 Å². The zero-order chi connectivity index (χ0) is 18.4. The van der Waals surface area contributed by atoms with Crippen molar-refractivity contribution in [3.63, 3.8) is 0 Å². The van der Waals surface area contributed by atoms with E-state index in [1.54, 1.807) is 7.11 Å². The summed E-state index contributed by atoms with van der Waals surface area (Å²) >= 11 is 0. The molecule has 2 rings (SSSR count). The molecule has 2 aromatic carbocycles. The van der Waals surface area contributed by atoms with Crippen LogP contribution in [0.25, 0.3) is 0 Å². The molecule has 134 valence electrons. The van der Waals surface area contributed by atoms with Crippen LogP contribution in [0.5, 0.6) is 5.75 Å². The summed E-state index contributed by atoms with van der Waals surface area (Å²) in [6.45, 7) is 2.13. The number of aryl methyl sites for hydroxylation is 1. The molecule has 3 N–H and O–H groups in total. The van der Waals surface area contributed by atoms with Gasteiger partial charge in [-0.05, 0) is 41.8 Å². The van der Waals surface area contributed by atoms with Crippen molar-refractivity contribution in [3.05, 3.63) is 69.3 Å². The van der Waals surface area contributed by atoms with Crippen molar-refractivity contribution in [2.45, 2.75) is 25.6 Å². The lowest BCUT2D eigenvalue weighted by Crippen LogP contribution is -2.37. The molecule has 0 heterocycles. The van der Waals surface area contributed by atoms with Crippen LogP contribution < -0.4 is 10.1 Å². The molecule has 0 saturated heterocycles. The van der Waals surface area contributed by atoms with Crippen molar-refractivity contribution >= 4 is 5.69 Å². The van der Waals surface area contributed by atoms with Crippen LogP contribution in [-0.4, -0.2) is 34.9 Å². The Kier molecular flexibility index (Phi) is 6.46. The Balaban J connectivity index is 2.03. The molecule has 0 saturated carbocycles. The van der Waals surface area contributed by atoms with Crippen molar-refractivity contribution in [1.82, 2.24) is 5.32 Å². The van der Waals surface area contributed by atoms with Gasteiger partial charge in [0, 0.05) is 18.7 Å². The van der Waals surface area contributed by atoms with Crippen LogP contribution in [0, 0.1) is 17.0 Å². The number of ether oxygens (including phenoxy) is 1. The summed E-state index contributed by atoms with van der Waals surface area (Å²) in [5.41, 5.74) is 2.45. The lowest BCUT2D eigenvalue weighted by Gasteiger charge is -2.23. The minimum absolute atomic E-state index is 0.0434. The Labute approximate surface area is 146 Å². The maximum absolute atomic E-state index is 10.7. The van der Waals surface area contributed by atoms with E-state index in [9.17, 15) is 20.3 Å². The summed E-state index contributed by atoms with van der Waals surface area (Å²) in [4.78, 5) is 10.2. The molecule has 0 aliphatic heterocycles. The minimum atomic E-state index is -0.981. The fourth-order valence-electron chi connectivity index (χ4n) is 2.60. The van der Waals surface area contributed by atoms with E-state index in [0.29, 0.717) is 12.1 Å². The maximum atomic E-state index is 10.7. The van der Waals surface area contributed by atoms with E-state index in [2.05, 4.69) is 5.32 Å². The van der Waals surface area contributed by atoms with Gasteiger partial charge in [-0.3, -0.25) is 10.1 Å². The predicted molar refractivity (Wildman–Crippen MR) is 93.5 cm³/mol. The fraction of sp³-hybridized carbons (Fsp3) is 0.333. The summed E-state index contributed by atoms with van der Waals surface area (Å²) in [6, 6.07) is 10.8. The van der Waals surface area contributed by atoms with Crippen molar-refractivity contribution < 1.29 is 19.9 Å². The van der Waals surface area contributed by atoms with E-state index in [4.69, 9.17) is 4.74 Å². The molecule has 2 atom stereocenters. The number of nitro benzene ring substituents is 1. The number of nitrogens with zero attached hydrogens (tertiary/aromatic N) is 1. The van der Waals surface area contributed by atoms with Gasteiger partial charge in [-0.15, -0.1) is 0 Å². The number of benzene rings is 2. The van der Waals surface area contributed by atoms with E-state index in [0.717, 1.165) is 16.9 Å². The molecule has 0 aliphatic carbocycles. The molecule has 0 aliphatic rings. The molecule has 2 unspecified atom stereocenters. The Morgan fingerprint density at radius 1 is 1.24 bits per heavy atom. The standard InChI is InChI=1S/C18H22N2O5/c1-12-9-13(3-8-17(12)25-2)10-19-16(11-21)18(22)14-4-6-15(7-5-14)20(23)24/h3-9,16,18-19,21-22H,10-11H2,1-2H3. The third kappa shape index (κ3) is 4.76. The second-order valence-corrected chi connectivity index (χ2v) is 5.77. The number of non-ortho nitro benzene ring substituents is 1. The lowest BCUT2D eigenvalue weighted by molar-refractivity contribution is -0.384. The van der Waals surface area contributed by atoms with Crippen LogP contribution >= 0.6 is 0 Å². The van der Waals surface area contributed by atoms with Crippen LogP contribution in [0.2, 0.25) is 0 Å². The monoisotopic (exact) mass is 346 g/mol. The Morgan fingerprint density at radius 3 is 2.44 bits per heavy atom. The van der Waals surface area contributed by atoms with Crippen LogP contribution in [0.1, 0.15) is 22.8 Å². The number of hydrogen-bond acceptors (Lipinski definition) is 6. The predicted octanol–water partition coefficient (Wildman–Crippen LogP) is 2.10. The summed E-state index contributed by atoms with van der Waals surface area (Å²) < 4.78 is 5.22. The van der Waals surface area contributed by atoms with E-state index >= 15 is 0 Å². The van der Waals surface area contributed by atoms with Gasteiger partial charge >= 0.3 is 0 Å². The number of nitro groups is 1. The summed E-state index contributed by atoms with van der Waals surface area (Å²) in [5, 5.41) is 33.8. The zero-order valence-electron chi connectivity index (χ0n) is 14.2. The molecule has 0 bridgehead atoms. The average Bonchev–Trinajstić information content (AvgIpc) is 2.62. The number of methoxy groups -OCH3 is 1. The third-order valence-corrected chi connectivity index (χ3v) is 4.05. The molecular formula is C18H22N2O5. The van der Waals surface area contributed by atoms with Gasteiger partial charge < -0.3 is 20.3 Å². The number of aliphatic hydroxyl groups excluding tert-OH is 2. The fourth-order valence-corrected chi connectivity index (χ4v) is 2.60. The van der Waals surface area contributed by atoms with E-state index in [-0.39, 0.29) is 12.3 Å². The van der Waals surface area contributed by atoms with Crippen molar-refractivity contribution in [3.8, 4) is 5.75 Å².